The van der Waals surface area contributed by atoms with Crippen molar-refractivity contribution in [3.05, 3.63) is 18.1 Å². The Labute approximate surface area is 111 Å². The van der Waals surface area contributed by atoms with Crippen molar-refractivity contribution in [2.24, 2.45) is 11.8 Å². The fourth-order valence-corrected chi connectivity index (χ4v) is 3.78. The average molecular weight is 299 g/mol. The number of methoxy groups -OCH3 is 1. The largest absolute Gasteiger partial charge is 0.481 e. The van der Waals surface area contributed by atoms with Gasteiger partial charge >= 0.3 is 0 Å². The lowest BCUT2D eigenvalue weighted by molar-refractivity contribution is 0.392. The smallest absolute Gasteiger partial charge is 0.216 e. The number of aromatic nitrogens is 2. The summed E-state index contributed by atoms with van der Waals surface area (Å²) in [5.74, 6) is 2.24. The molecule has 0 saturated heterocycles. The van der Waals surface area contributed by atoms with Crippen molar-refractivity contribution < 1.29 is 4.74 Å². The van der Waals surface area contributed by atoms with Crippen LogP contribution in [0.1, 0.15) is 31.9 Å². The number of halogens is 1. The summed E-state index contributed by atoms with van der Waals surface area (Å²) in [5, 5.41) is 0. The molecule has 94 valence electrons. The Bertz CT molecular complexity index is 372. The third kappa shape index (κ3) is 3.18. The first-order chi connectivity index (χ1) is 8.20. The van der Waals surface area contributed by atoms with E-state index in [2.05, 4.69) is 32.8 Å². The van der Waals surface area contributed by atoms with Crippen LogP contribution in [0.2, 0.25) is 0 Å². The zero-order valence-corrected chi connectivity index (χ0v) is 12.0. The number of rotatable bonds is 4. The van der Waals surface area contributed by atoms with E-state index in [4.69, 9.17) is 4.74 Å². The van der Waals surface area contributed by atoms with Crippen LogP contribution in [-0.2, 0) is 6.42 Å². The number of ether oxygens (including phenoxy) is 1. The molecule has 0 radical (unpaired) electrons. The summed E-state index contributed by atoms with van der Waals surface area (Å²) in [7, 11) is 1.64. The highest BCUT2D eigenvalue weighted by molar-refractivity contribution is 9.09. The third-order valence-electron chi connectivity index (χ3n) is 3.70. The lowest BCUT2D eigenvalue weighted by Crippen LogP contribution is -2.19. The predicted molar refractivity (Wildman–Crippen MR) is 71.5 cm³/mol. The second kappa shape index (κ2) is 5.80. The molecule has 1 aromatic rings. The summed E-state index contributed by atoms with van der Waals surface area (Å²) in [5.41, 5.74) is 1.05. The second-order valence-corrected chi connectivity index (χ2v) is 6.02. The Morgan fingerprint density at radius 3 is 2.94 bits per heavy atom. The van der Waals surface area contributed by atoms with Crippen molar-refractivity contribution >= 4 is 15.9 Å². The van der Waals surface area contributed by atoms with Crippen molar-refractivity contribution in [2.45, 2.75) is 37.4 Å². The van der Waals surface area contributed by atoms with E-state index in [0.717, 1.165) is 24.0 Å². The highest BCUT2D eigenvalue weighted by Gasteiger charge is 2.29. The molecule has 17 heavy (non-hydrogen) atoms. The molecule has 0 aromatic carbocycles. The molecule has 4 heteroatoms. The van der Waals surface area contributed by atoms with Crippen LogP contribution in [0.25, 0.3) is 0 Å². The minimum Gasteiger partial charge on any atom is -0.481 e. The van der Waals surface area contributed by atoms with Crippen molar-refractivity contribution in [1.82, 2.24) is 9.97 Å². The topological polar surface area (TPSA) is 35.0 Å². The molecule has 1 heterocycles. The first kappa shape index (κ1) is 12.8. The van der Waals surface area contributed by atoms with Gasteiger partial charge in [0.15, 0.2) is 0 Å². The number of hydrogen-bond donors (Lipinski definition) is 0. The van der Waals surface area contributed by atoms with E-state index in [0.29, 0.717) is 10.7 Å². The van der Waals surface area contributed by atoms with Gasteiger partial charge in [0, 0.05) is 23.0 Å². The number of nitrogens with zero attached hydrogens (tertiary/aromatic N) is 2. The van der Waals surface area contributed by atoms with Crippen LogP contribution in [0.15, 0.2) is 12.4 Å². The minimum atomic E-state index is 0.514. The lowest BCUT2D eigenvalue weighted by Gasteiger charge is -2.21. The second-order valence-electron chi connectivity index (χ2n) is 4.84. The molecule has 3 nitrogen and oxygen atoms in total. The molecule has 0 aliphatic heterocycles. The van der Waals surface area contributed by atoms with Gasteiger partial charge in [0.2, 0.25) is 5.88 Å². The molecule has 1 saturated carbocycles. The molecule has 1 fully saturated rings. The molecule has 0 bridgehead atoms. The van der Waals surface area contributed by atoms with E-state index < -0.39 is 0 Å². The first-order valence-corrected chi connectivity index (χ1v) is 7.11. The maximum atomic E-state index is 5.12. The van der Waals surface area contributed by atoms with E-state index in [9.17, 15) is 0 Å². The molecule has 1 aliphatic rings. The van der Waals surface area contributed by atoms with Gasteiger partial charge in [0.05, 0.1) is 7.11 Å². The van der Waals surface area contributed by atoms with Gasteiger partial charge in [0.25, 0.3) is 0 Å². The normalized spacial score (nSPS) is 25.8. The fraction of sp³-hybridized carbons (Fsp3) is 0.692. The van der Waals surface area contributed by atoms with Gasteiger partial charge < -0.3 is 4.74 Å². The van der Waals surface area contributed by atoms with E-state index >= 15 is 0 Å². The van der Waals surface area contributed by atoms with Crippen LogP contribution in [0.4, 0.5) is 0 Å². The molecule has 2 rings (SSSR count). The summed E-state index contributed by atoms with van der Waals surface area (Å²) in [6.07, 6.45) is 6.58. The Morgan fingerprint density at radius 2 is 2.29 bits per heavy atom. The highest BCUT2D eigenvalue weighted by atomic mass is 79.9. The van der Waals surface area contributed by atoms with Crippen LogP contribution >= 0.6 is 15.9 Å². The molecular formula is C13H19BrN2O. The molecule has 0 spiro atoms. The van der Waals surface area contributed by atoms with Crippen LogP contribution in [-0.4, -0.2) is 21.9 Å². The van der Waals surface area contributed by atoms with E-state index in [1.807, 2.05) is 6.07 Å². The molecule has 1 aromatic heterocycles. The van der Waals surface area contributed by atoms with Gasteiger partial charge in [0.1, 0.15) is 6.33 Å². The Balaban J connectivity index is 1.99. The van der Waals surface area contributed by atoms with Crippen molar-refractivity contribution in [3.63, 3.8) is 0 Å². The maximum Gasteiger partial charge on any atom is 0.216 e. The predicted octanol–water partition coefficient (Wildman–Crippen LogP) is 3.23. The Morgan fingerprint density at radius 1 is 1.47 bits per heavy atom. The molecule has 0 N–H and O–H groups in total. The zero-order chi connectivity index (χ0) is 12.3. The minimum absolute atomic E-state index is 0.514. The summed E-state index contributed by atoms with van der Waals surface area (Å²) in [6.45, 7) is 2.35. The van der Waals surface area contributed by atoms with Crippen molar-refractivity contribution in [2.75, 3.05) is 7.11 Å². The quantitative estimate of drug-likeness (QED) is 0.801. The van der Waals surface area contributed by atoms with Gasteiger partial charge in [-0.25, -0.2) is 9.97 Å². The standard InChI is InChI=1S/C13H19BrN2O/c1-9-4-3-5-11(9)12(14)6-10-7-13(17-2)16-8-15-10/h7-9,11-12H,3-6H2,1-2H3. The van der Waals surface area contributed by atoms with Gasteiger partial charge in [-0.05, 0) is 18.3 Å². The molecular weight excluding hydrogens is 280 g/mol. The Hall–Kier alpha value is -0.640. The average Bonchev–Trinajstić information content (AvgIpc) is 2.76. The molecule has 1 aliphatic carbocycles. The van der Waals surface area contributed by atoms with E-state index in [1.165, 1.54) is 19.3 Å². The fourth-order valence-electron chi connectivity index (χ4n) is 2.66. The summed E-state index contributed by atoms with van der Waals surface area (Å²) in [4.78, 5) is 8.85. The lowest BCUT2D eigenvalue weighted by atomic mass is 9.92. The SMILES string of the molecule is COc1cc(CC(Br)C2CCCC2C)ncn1. The molecule has 0 amide bonds. The van der Waals surface area contributed by atoms with Crippen molar-refractivity contribution in [3.8, 4) is 5.88 Å². The van der Waals surface area contributed by atoms with Gasteiger partial charge in [-0.2, -0.15) is 0 Å². The monoisotopic (exact) mass is 298 g/mol. The zero-order valence-electron chi connectivity index (χ0n) is 10.4. The molecule has 3 atom stereocenters. The first-order valence-electron chi connectivity index (χ1n) is 6.19. The van der Waals surface area contributed by atoms with Crippen LogP contribution in [0, 0.1) is 11.8 Å². The summed E-state index contributed by atoms with van der Waals surface area (Å²) < 4.78 is 5.12. The van der Waals surface area contributed by atoms with Crippen LogP contribution in [0.3, 0.4) is 0 Å². The van der Waals surface area contributed by atoms with Crippen molar-refractivity contribution in [1.29, 1.82) is 0 Å². The van der Waals surface area contributed by atoms with Gasteiger partial charge in [-0.15, -0.1) is 0 Å². The number of hydrogen-bond acceptors (Lipinski definition) is 3. The van der Waals surface area contributed by atoms with E-state index in [1.54, 1.807) is 13.4 Å². The third-order valence-corrected chi connectivity index (χ3v) is 4.71. The summed E-state index contributed by atoms with van der Waals surface area (Å²) in [6, 6.07) is 1.92. The summed E-state index contributed by atoms with van der Waals surface area (Å²) >= 11 is 3.83. The van der Waals surface area contributed by atoms with E-state index in [-0.39, 0.29) is 0 Å². The number of alkyl halides is 1. The van der Waals surface area contributed by atoms with Crippen LogP contribution in [0.5, 0.6) is 5.88 Å². The van der Waals surface area contributed by atoms with Gasteiger partial charge in [-0.3, -0.25) is 0 Å². The Kier molecular flexibility index (Phi) is 4.37. The van der Waals surface area contributed by atoms with Gasteiger partial charge in [-0.1, -0.05) is 35.7 Å². The van der Waals surface area contributed by atoms with Crippen LogP contribution < -0.4 is 4.74 Å². The molecule has 3 unspecified atom stereocenters. The maximum absolute atomic E-state index is 5.12. The highest BCUT2D eigenvalue weighted by Crippen LogP contribution is 2.37.